The van der Waals surface area contributed by atoms with Crippen molar-refractivity contribution < 1.29 is 0 Å². The molecule has 5 heteroatoms. The lowest BCUT2D eigenvalue weighted by Gasteiger charge is -2.14. The molecule has 0 aromatic carbocycles. The smallest absolute Gasteiger partial charge is 0.243 e. The number of unbranched alkanes of at least 4 members (excludes halogenated alkanes) is 1. The third-order valence-corrected chi connectivity index (χ3v) is 2.81. The third kappa shape index (κ3) is 4.08. The molecule has 5 nitrogen and oxygen atoms in total. The lowest BCUT2D eigenvalue weighted by atomic mass is 9.99. The number of nitrogens with one attached hydrogen (secondary N) is 3. The minimum atomic E-state index is 0.629. The van der Waals surface area contributed by atoms with Crippen molar-refractivity contribution in [3.05, 3.63) is 0 Å². The zero-order valence-corrected chi connectivity index (χ0v) is 10.5. The highest BCUT2D eigenvalue weighted by molar-refractivity contribution is 5.32. The summed E-state index contributed by atoms with van der Waals surface area (Å²) in [5.74, 6) is 2.10. The molecule has 0 amide bonds. The summed E-state index contributed by atoms with van der Waals surface area (Å²) in [6.07, 6.45) is 5.06. The van der Waals surface area contributed by atoms with Crippen LogP contribution in [0.1, 0.15) is 39.5 Å². The van der Waals surface area contributed by atoms with Gasteiger partial charge < -0.3 is 10.6 Å². The Bertz CT molecular complexity index is 284. The Morgan fingerprint density at radius 1 is 1.38 bits per heavy atom. The van der Waals surface area contributed by atoms with Gasteiger partial charge in [-0.2, -0.15) is 4.98 Å². The average molecular weight is 225 g/mol. The first-order valence-electron chi connectivity index (χ1n) is 6.14. The highest BCUT2D eigenvalue weighted by atomic mass is 15.3. The van der Waals surface area contributed by atoms with Gasteiger partial charge in [0.05, 0.1) is 0 Å². The molecule has 1 unspecified atom stereocenters. The van der Waals surface area contributed by atoms with Gasteiger partial charge in [-0.05, 0) is 12.3 Å². The molecule has 1 aromatic heterocycles. The molecule has 0 saturated heterocycles. The van der Waals surface area contributed by atoms with E-state index < -0.39 is 0 Å². The summed E-state index contributed by atoms with van der Waals surface area (Å²) in [6, 6.07) is 0. The number of hydrogen-bond donors (Lipinski definition) is 3. The molecule has 0 spiro atoms. The zero-order valence-electron chi connectivity index (χ0n) is 10.5. The normalized spacial score (nSPS) is 12.4. The first-order chi connectivity index (χ1) is 7.80. The fourth-order valence-corrected chi connectivity index (χ4v) is 1.64. The molecule has 1 rings (SSSR count). The fraction of sp³-hybridized carbons (Fsp3) is 0.818. The molecule has 1 aromatic rings. The second-order valence-electron chi connectivity index (χ2n) is 4.06. The minimum absolute atomic E-state index is 0.629. The van der Waals surface area contributed by atoms with Crippen LogP contribution in [0.3, 0.4) is 0 Å². The van der Waals surface area contributed by atoms with E-state index in [1.165, 1.54) is 25.7 Å². The Morgan fingerprint density at radius 2 is 2.19 bits per heavy atom. The molecular formula is C11H23N5. The van der Waals surface area contributed by atoms with E-state index in [0.29, 0.717) is 5.95 Å². The predicted molar refractivity (Wildman–Crippen MR) is 67.7 cm³/mol. The summed E-state index contributed by atoms with van der Waals surface area (Å²) in [5, 5.41) is 13.0. The van der Waals surface area contributed by atoms with Crippen molar-refractivity contribution in [3.63, 3.8) is 0 Å². The molecule has 1 atom stereocenters. The Morgan fingerprint density at radius 3 is 2.75 bits per heavy atom. The number of rotatable bonds is 8. The summed E-state index contributed by atoms with van der Waals surface area (Å²) in [7, 11) is 1.81. The second-order valence-corrected chi connectivity index (χ2v) is 4.06. The molecule has 1 heterocycles. The summed E-state index contributed by atoms with van der Waals surface area (Å²) in [5.41, 5.74) is 0. The van der Waals surface area contributed by atoms with Crippen LogP contribution in [0.5, 0.6) is 0 Å². The zero-order chi connectivity index (χ0) is 11.8. The first kappa shape index (κ1) is 12.8. The molecule has 16 heavy (non-hydrogen) atoms. The van der Waals surface area contributed by atoms with Gasteiger partial charge in [-0.15, -0.1) is 5.10 Å². The van der Waals surface area contributed by atoms with Crippen LogP contribution in [-0.4, -0.2) is 28.8 Å². The van der Waals surface area contributed by atoms with Crippen molar-refractivity contribution in [3.8, 4) is 0 Å². The van der Waals surface area contributed by atoms with Crippen molar-refractivity contribution in [1.29, 1.82) is 0 Å². The Balaban J connectivity index is 2.31. The van der Waals surface area contributed by atoms with Gasteiger partial charge in [-0.3, -0.25) is 0 Å². The predicted octanol–water partition coefficient (Wildman–Crippen LogP) is 2.47. The summed E-state index contributed by atoms with van der Waals surface area (Å²) >= 11 is 0. The topological polar surface area (TPSA) is 65.6 Å². The quantitative estimate of drug-likeness (QED) is 0.636. The lowest BCUT2D eigenvalue weighted by molar-refractivity contribution is 0.472. The Labute approximate surface area is 97.4 Å². The minimum Gasteiger partial charge on any atom is -0.356 e. The number of nitrogens with zero attached hydrogens (tertiary/aromatic N) is 2. The first-order valence-corrected chi connectivity index (χ1v) is 6.14. The summed E-state index contributed by atoms with van der Waals surface area (Å²) in [6.45, 7) is 5.44. The second kappa shape index (κ2) is 7.09. The SMILES string of the molecule is CCCCC(CC)CNc1nc(NC)n[nH]1. The van der Waals surface area contributed by atoms with Gasteiger partial charge in [0, 0.05) is 13.6 Å². The van der Waals surface area contributed by atoms with Crippen molar-refractivity contribution >= 4 is 11.9 Å². The average Bonchev–Trinajstić information content (AvgIpc) is 2.77. The van der Waals surface area contributed by atoms with E-state index >= 15 is 0 Å². The summed E-state index contributed by atoms with van der Waals surface area (Å²) < 4.78 is 0. The van der Waals surface area contributed by atoms with Gasteiger partial charge in [-0.1, -0.05) is 33.1 Å². The fourth-order valence-electron chi connectivity index (χ4n) is 1.64. The molecule has 0 saturated carbocycles. The van der Waals surface area contributed by atoms with E-state index in [4.69, 9.17) is 0 Å². The maximum atomic E-state index is 4.23. The standard InChI is InChI=1S/C11H23N5/c1-4-6-7-9(5-2)8-13-11-14-10(12-3)15-16-11/h9H,4-8H2,1-3H3,(H3,12,13,14,15,16). The van der Waals surface area contributed by atoms with Gasteiger partial charge in [-0.25, -0.2) is 5.10 Å². The number of aromatic amines is 1. The lowest BCUT2D eigenvalue weighted by Crippen LogP contribution is -2.14. The molecule has 0 fully saturated rings. The number of hydrogen-bond acceptors (Lipinski definition) is 4. The van der Waals surface area contributed by atoms with E-state index in [0.717, 1.165) is 18.4 Å². The van der Waals surface area contributed by atoms with Crippen LogP contribution in [0.2, 0.25) is 0 Å². The van der Waals surface area contributed by atoms with E-state index in [9.17, 15) is 0 Å². The van der Waals surface area contributed by atoms with E-state index in [2.05, 4.69) is 39.7 Å². The molecule has 0 aliphatic heterocycles. The van der Waals surface area contributed by atoms with Crippen LogP contribution in [0.25, 0.3) is 0 Å². The molecule has 3 N–H and O–H groups in total. The van der Waals surface area contributed by atoms with Crippen LogP contribution in [0, 0.1) is 5.92 Å². The van der Waals surface area contributed by atoms with Crippen molar-refractivity contribution in [2.24, 2.45) is 5.92 Å². The van der Waals surface area contributed by atoms with Gasteiger partial charge in [0.1, 0.15) is 0 Å². The molecular weight excluding hydrogens is 202 g/mol. The molecule has 0 radical (unpaired) electrons. The van der Waals surface area contributed by atoms with Gasteiger partial charge in [0.25, 0.3) is 0 Å². The summed E-state index contributed by atoms with van der Waals surface area (Å²) in [4.78, 5) is 4.23. The molecule has 0 aliphatic carbocycles. The Kier molecular flexibility index (Phi) is 5.67. The largest absolute Gasteiger partial charge is 0.356 e. The Hall–Kier alpha value is -1.26. The highest BCUT2D eigenvalue weighted by Crippen LogP contribution is 2.13. The number of H-pyrrole nitrogens is 1. The maximum Gasteiger partial charge on any atom is 0.243 e. The van der Waals surface area contributed by atoms with E-state index in [1.54, 1.807) is 0 Å². The van der Waals surface area contributed by atoms with Gasteiger partial charge in [0.15, 0.2) is 0 Å². The monoisotopic (exact) mass is 225 g/mol. The van der Waals surface area contributed by atoms with Crippen molar-refractivity contribution in [2.45, 2.75) is 39.5 Å². The molecule has 0 aliphatic rings. The van der Waals surface area contributed by atoms with E-state index in [-0.39, 0.29) is 0 Å². The number of anilines is 2. The van der Waals surface area contributed by atoms with E-state index in [1.807, 2.05) is 7.05 Å². The van der Waals surface area contributed by atoms with Crippen LogP contribution in [-0.2, 0) is 0 Å². The molecule has 0 bridgehead atoms. The van der Waals surface area contributed by atoms with Gasteiger partial charge >= 0.3 is 0 Å². The van der Waals surface area contributed by atoms with Crippen molar-refractivity contribution in [2.75, 3.05) is 24.2 Å². The van der Waals surface area contributed by atoms with Crippen LogP contribution in [0.4, 0.5) is 11.9 Å². The number of aromatic nitrogens is 3. The van der Waals surface area contributed by atoms with Crippen LogP contribution < -0.4 is 10.6 Å². The van der Waals surface area contributed by atoms with Crippen LogP contribution in [0.15, 0.2) is 0 Å². The van der Waals surface area contributed by atoms with Crippen molar-refractivity contribution in [1.82, 2.24) is 15.2 Å². The third-order valence-electron chi connectivity index (χ3n) is 2.81. The van der Waals surface area contributed by atoms with Crippen LogP contribution >= 0.6 is 0 Å². The molecule has 92 valence electrons. The maximum absolute atomic E-state index is 4.23. The highest BCUT2D eigenvalue weighted by Gasteiger charge is 2.07. The van der Waals surface area contributed by atoms with Gasteiger partial charge in [0.2, 0.25) is 11.9 Å².